The number of anilines is 1. The largest absolute Gasteiger partial charge is 0.350 e. The second-order valence-corrected chi connectivity index (χ2v) is 4.84. The van der Waals surface area contributed by atoms with Gasteiger partial charge in [0.2, 0.25) is 6.41 Å². The van der Waals surface area contributed by atoms with Crippen molar-refractivity contribution in [2.75, 3.05) is 11.4 Å². The molecule has 0 saturated carbocycles. The normalized spacial score (nSPS) is 9.86. The lowest BCUT2D eigenvalue weighted by Crippen LogP contribution is -2.39. The van der Waals surface area contributed by atoms with E-state index < -0.39 is 6.03 Å². The number of carbonyl (C=O) groups excluding carboxylic acids is 2. The van der Waals surface area contributed by atoms with E-state index in [4.69, 9.17) is 0 Å². The molecule has 3 amide bonds. The standard InChI is InChI=1S/C15H19N3O2.C2H6/c1-4-7-18(15(20)16-10-19)12-5-6-13-11(2)9-17(3)14(13)8-12;1-2/h5-6,8-10H,4,7H2,1-3H3,(H,16,19,20);1-2H3. The Morgan fingerprint density at radius 2 is 2.05 bits per heavy atom. The number of benzene rings is 1. The summed E-state index contributed by atoms with van der Waals surface area (Å²) in [5.74, 6) is 0. The van der Waals surface area contributed by atoms with Gasteiger partial charge in [0, 0.05) is 30.9 Å². The summed E-state index contributed by atoms with van der Waals surface area (Å²) < 4.78 is 2.04. The first-order valence-corrected chi connectivity index (χ1v) is 7.65. The van der Waals surface area contributed by atoms with Crippen LogP contribution < -0.4 is 10.2 Å². The van der Waals surface area contributed by atoms with Crippen LogP contribution in [0.5, 0.6) is 0 Å². The van der Waals surface area contributed by atoms with E-state index in [0.717, 1.165) is 17.6 Å². The fraction of sp³-hybridized carbons (Fsp3) is 0.412. The molecule has 0 aliphatic carbocycles. The number of aromatic nitrogens is 1. The molecule has 0 saturated heterocycles. The molecule has 1 aromatic heterocycles. The average Bonchev–Trinajstić information content (AvgIpc) is 2.81. The summed E-state index contributed by atoms with van der Waals surface area (Å²) in [7, 11) is 1.98. The zero-order chi connectivity index (χ0) is 16.7. The van der Waals surface area contributed by atoms with Crippen molar-refractivity contribution in [1.82, 2.24) is 9.88 Å². The summed E-state index contributed by atoms with van der Waals surface area (Å²) in [5.41, 5.74) is 3.06. The predicted octanol–water partition coefficient (Wildman–Crippen LogP) is 3.60. The minimum Gasteiger partial charge on any atom is -0.350 e. The molecule has 2 aromatic rings. The van der Waals surface area contributed by atoms with Gasteiger partial charge in [-0.15, -0.1) is 0 Å². The molecule has 5 heteroatoms. The van der Waals surface area contributed by atoms with E-state index in [1.807, 2.05) is 50.6 Å². The van der Waals surface area contributed by atoms with Crippen LogP contribution >= 0.6 is 0 Å². The van der Waals surface area contributed by atoms with Gasteiger partial charge in [-0.25, -0.2) is 4.79 Å². The average molecular weight is 303 g/mol. The predicted molar refractivity (Wildman–Crippen MR) is 91.2 cm³/mol. The third kappa shape index (κ3) is 3.67. The molecule has 0 aliphatic heterocycles. The topological polar surface area (TPSA) is 54.3 Å². The fourth-order valence-corrected chi connectivity index (χ4v) is 2.44. The van der Waals surface area contributed by atoms with Crippen molar-refractivity contribution in [2.45, 2.75) is 34.1 Å². The van der Waals surface area contributed by atoms with E-state index in [0.29, 0.717) is 13.0 Å². The van der Waals surface area contributed by atoms with Crippen molar-refractivity contribution in [3.05, 3.63) is 30.0 Å². The van der Waals surface area contributed by atoms with Crippen molar-refractivity contribution in [3.63, 3.8) is 0 Å². The van der Waals surface area contributed by atoms with Crippen LogP contribution in [0.2, 0.25) is 0 Å². The Balaban J connectivity index is 0.00000116. The van der Waals surface area contributed by atoms with Crippen LogP contribution in [-0.2, 0) is 11.8 Å². The van der Waals surface area contributed by atoms with Crippen LogP contribution in [-0.4, -0.2) is 23.6 Å². The monoisotopic (exact) mass is 303 g/mol. The molecule has 0 bridgehead atoms. The summed E-state index contributed by atoms with van der Waals surface area (Å²) in [6, 6.07) is 5.50. The molecular formula is C17H25N3O2. The molecule has 0 unspecified atom stereocenters. The highest BCUT2D eigenvalue weighted by Crippen LogP contribution is 2.25. The highest BCUT2D eigenvalue weighted by atomic mass is 16.2. The van der Waals surface area contributed by atoms with Gasteiger partial charge in [-0.2, -0.15) is 0 Å². The maximum absolute atomic E-state index is 11.9. The molecule has 0 fully saturated rings. The van der Waals surface area contributed by atoms with E-state index in [9.17, 15) is 9.59 Å². The SMILES string of the molecule is CC.CCCN(C(=O)NC=O)c1ccc2c(C)cn(C)c2c1. The summed E-state index contributed by atoms with van der Waals surface area (Å²) >= 11 is 0. The smallest absolute Gasteiger partial charge is 0.328 e. The number of hydrogen-bond donors (Lipinski definition) is 1. The van der Waals surface area contributed by atoms with Gasteiger partial charge >= 0.3 is 6.03 Å². The summed E-state index contributed by atoms with van der Waals surface area (Å²) in [6.07, 6.45) is 3.29. The number of aryl methyl sites for hydroxylation is 2. The second-order valence-electron chi connectivity index (χ2n) is 4.84. The first kappa shape index (κ1) is 17.8. The van der Waals surface area contributed by atoms with Crippen molar-refractivity contribution < 1.29 is 9.59 Å². The molecule has 0 aliphatic rings. The number of rotatable bonds is 4. The highest BCUT2D eigenvalue weighted by Gasteiger charge is 2.15. The van der Waals surface area contributed by atoms with Gasteiger partial charge in [0.1, 0.15) is 0 Å². The highest BCUT2D eigenvalue weighted by molar-refractivity contribution is 5.99. The van der Waals surface area contributed by atoms with Crippen LogP contribution in [0.4, 0.5) is 10.5 Å². The lowest BCUT2D eigenvalue weighted by atomic mass is 10.1. The van der Waals surface area contributed by atoms with E-state index in [1.54, 1.807) is 4.90 Å². The summed E-state index contributed by atoms with van der Waals surface area (Å²) in [5, 5.41) is 3.37. The number of hydrogen-bond acceptors (Lipinski definition) is 2. The van der Waals surface area contributed by atoms with E-state index in [1.165, 1.54) is 10.9 Å². The van der Waals surface area contributed by atoms with Crippen LogP contribution in [0.25, 0.3) is 10.9 Å². The Labute approximate surface area is 131 Å². The Morgan fingerprint density at radius 1 is 1.36 bits per heavy atom. The van der Waals surface area contributed by atoms with Crippen molar-refractivity contribution in [2.24, 2.45) is 7.05 Å². The fourth-order valence-electron chi connectivity index (χ4n) is 2.44. The third-order valence-electron chi connectivity index (χ3n) is 3.36. The van der Waals surface area contributed by atoms with Gasteiger partial charge in [0.25, 0.3) is 0 Å². The Kier molecular flexibility index (Phi) is 6.63. The summed E-state index contributed by atoms with van der Waals surface area (Å²) in [4.78, 5) is 24.0. The maximum Gasteiger partial charge on any atom is 0.328 e. The molecule has 0 radical (unpaired) electrons. The van der Waals surface area contributed by atoms with Crippen molar-refractivity contribution >= 4 is 29.0 Å². The first-order valence-electron chi connectivity index (χ1n) is 7.65. The number of fused-ring (bicyclic) bond motifs is 1. The Morgan fingerprint density at radius 3 is 2.64 bits per heavy atom. The minimum atomic E-state index is -0.396. The lowest BCUT2D eigenvalue weighted by Gasteiger charge is -2.21. The zero-order valence-electron chi connectivity index (χ0n) is 14.0. The number of urea groups is 1. The van der Waals surface area contributed by atoms with E-state index in [-0.39, 0.29) is 0 Å². The molecule has 1 heterocycles. The molecule has 22 heavy (non-hydrogen) atoms. The number of carbonyl (C=O) groups is 2. The Hall–Kier alpha value is -2.30. The molecule has 0 atom stereocenters. The van der Waals surface area contributed by atoms with E-state index >= 15 is 0 Å². The van der Waals surface area contributed by atoms with Gasteiger partial charge in [0.15, 0.2) is 0 Å². The molecule has 1 N–H and O–H groups in total. The van der Waals surface area contributed by atoms with Gasteiger partial charge in [-0.1, -0.05) is 26.8 Å². The molecule has 5 nitrogen and oxygen atoms in total. The van der Waals surface area contributed by atoms with Gasteiger partial charge < -0.3 is 4.57 Å². The van der Waals surface area contributed by atoms with Crippen LogP contribution in [0.3, 0.4) is 0 Å². The van der Waals surface area contributed by atoms with Gasteiger partial charge in [-0.3, -0.25) is 15.0 Å². The van der Waals surface area contributed by atoms with Crippen LogP contribution in [0.15, 0.2) is 24.4 Å². The number of amides is 3. The molecule has 120 valence electrons. The number of nitrogens with one attached hydrogen (secondary N) is 1. The minimum absolute atomic E-state index is 0.396. The second kappa shape index (κ2) is 8.22. The molecule has 2 rings (SSSR count). The maximum atomic E-state index is 11.9. The lowest BCUT2D eigenvalue weighted by molar-refractivity contribution is -0.108. The molecular weight excluding hydrogens is 278 g/mol. The quantitative estimate of drug-likeness (QED) is 0.877. The van der Waals surface area contributed by atoms with Crippen LogP contribution in [0.1, 0.15) is 32.8 Å². The van der Waals surface area contributed by atoms with Gasteiger partial charge in [0.05, 0.1) is 5.52 Å². The van der Waals surface area contributed by atoms with E-state index in [2.05, 4.69) is 18.4 Å². The number of nitrogens with zero attached hydrogens (tertiary/aromatic N) is 2. The zero-order valence-corrected chi connectivity index (χ0v) is 14.0. The first-order chi connectivity index (χ1) is 10.6. The Bertz CT molecular complexity index is 647. The third-order valence-corrected chi connectivity index (χ3v) is 3.36. The molecule has 1 aromatic carbocycles. The van der Waals surface area contributed by atoms with Crippen molar-refractivity contribution in [1.29, 1.82) is 0 Å². The van der Waals surface area contributed by atoms with Gasteiger partial charge in [-0.05, 0) is 31.0 Å². The van der Waals surface area contributed by atoms with Crippen LogP contribution in [0, 0.1) is 6.92 Å². The molecule has 0 spiro atoms. The number of imide groups is 1. The van der Waals surface area contributed by atoms with Crippen molar-refractivity contribution in [3.8, 4) is 0 Å². The summed E-state index contributed by atoms with van der Waals surface area (Å²) in [6.45, 7) is 8.62.